The van der Waals surface area contributed by atoms with E-state index in [9.17, 15) is 0 Å². The first-order valence-corrected chi connectivity index (χ1v) is 5.94. The molecule has 1 atom stereocenters. The van der Waals surface area contributed by atoms with Gasteiger partial charge in [-0.25, -0.2) is 0 Å². The van der Waals surface area contributed by atoms with Crippen LogP contribution in [0.15, 0.2) is 59.3 Å². The van der Waals surface area contributed by atoms with Crippen LogP contribution in [0, 0.1) is 0 Å². The number of fused-ring (bicyclic) bond motifs is 1. The molecule has 0 aliphatic heterocycles. The lowest BCUT2D eigenvalue weighted by atomic mass is 10.1. The molecule has 1 N–H and O–H groups in total. The Hall–Kier alpha value is -2.13. The van der Waals surface area contributed by atoms with Crippen LogP contribution >= 0.6 is 0 Å². The average Bonchev–Trinajstić information content (AvgIpc) is 2.84. The van der Waals surface area contributed by atoms with E-state index in [0.29, 0.717) is 0 Å². The van der Waals surface area contributed by atoms with E-state index in [1.54, 1.807) is 6.20 Å². The molecular formula is C15H14N2O. The van der Waals surface area contributed by atoms with Gasteiger partial charge in [-0.3, -0.25) is 4.98 Å². The largest absolute Gasteiger partial charge is 0.459 e. The van der Waals surface area contributed by atoms with Gasteiger partial charge in [0.1, 0.15) is 11.3 Å². The van der Waals surface area contributed by atoms with Gasteiger partial charge in [0, 0.05) is 17.8 Å². The summed E-state index contributed by atoms with van der Waals surface area (Å²) in [5, 5.41) is 4.38. The fraction of sp³-hybridized carbons (Fsp3) is 0.133. The minimum atomic E-state index is 0.0334. The van der Waals surface area contributed by atoms with Crippen molar-refractivity contribution in [3.05, 3.63) is 66.2 Å². The third-order valence-electron chi connectivity index (χ3n) is 3.04. The molecule has 0 saturated carbocycles. The van der Waals surface area contributed by atoms with Crippen LogP contribution in [0.5, 0.6) is 0 Å². The highest BCUT2D eigenvalue weighted by Gasteiger charge is 2.16. The first-order chi connectivity index (χ1) is 8.88. The SMILES string of the molecule is CNC(c1cccnc1)c1cc2ccccc2o1. The lowest BCUT2D eigenvalue weighted by molar-refractivity contribution is 0.491. The summed E-state index contributed by atoms with van der Waals surface area (Å²) < 4.78 is 5.89. The van der Waals surface area contributed by atoms with Gasteiger partial charge >= 0.3 is 0 Å². The molecule has 3 rings (SSSR count). The maximum Gasteiger partial charge on any atom is 0.134 e. The molecular weight excluding hydrogens is 224 g/mol. The van der Waals surface area contributed by atoms with E-state index in [1.807, 2.05) is 43.6 Å². The Labute approximate surface area is 105 Å². The van der Waals surface area contributed by atoms with Crippen LogP contribution in [-0.4, -0.2) is 12.0 Å². The zero-order valence-electron chi connectivity index (χ0n) is 10.1. The molecule has 1 aromatic carbocycles. The van der Waals surface area contributed by atoms with E-state index in [-0.39, 0.29) is 6.04 Å². The highest BCUT2D eigenvalue weighted by molar-refractivity contribution is 5.77. The van der Waals surface area contributed by atoms with Crippen LogP contribution < -0.4 is 5.32 Å². The third-order valence-corrected chi connectivity index (χ3v) is 3.04. The number of para-hydroxylation sites is 1. The molecule has 90 valence electrons. The number of nitrogens with zero attached hydrogens (tertiary/aromatic N) is 1. The highest BCUT2D eigenvalue weighted by Crippen LogP contribution is 2.27. The molecule has 3 aromatic rings. The number of hydrogen-bond acceptors (Lipinski definition) is 3. The molecule has 3 heteroatoms. The number of benzene rings is 1. The average molecular weight is 238 g/mol. The summed E-state index contributed by atoms with van der Waals surface area (Å²) in [6.07, 6.45) is 3.63. The fourth-order valence-corrected chi connectivity index (χ4v) is 2.16. The zero-order valence-corrected chi connectivity index (χ0v) is 10.1. The van der Waals surface area contributed by atoms with Gasteiger partial charge < -0.3 is 9.73 Å². The van der Waals surface area contributed by atoms with E-state index in [2.05, 4.69) is 22.4 Å². The van der Waals surface area contributed by atoms with Gasteiger partial charge in [-0.2, -0.15) is 0 Å². The summed E-state index contributed by atoms with van der Waals surface area (Å²) in [5.74, 6) is 0.909. The monoisotopic (exact) mass is 238 g/mol. The van der Waals surface area contributed by atoms with E-state index in [1.165, 1.54) is 0 Å². The summed E-state index contributed by atoms with van der Waals surface area (Å²) >= 11 is 0. The number of aromatic nitrogens is 1. The predicted molar refractivity (Wildman–Crippen MR) is 71.4 cm³/mol. The van der Waals surface area contributed by atoms with Gasteiger partial charge in [0.25, 0.3) is 0 Å². The molecule has 0 spiro atoms. The molecule has 0 bridgehead atoms. The van der Waals surface area contributed by atoms with Crippen molar-refractivity contribution in [3.63, 3.8) is 0 Å². The molecule has 0 amide bonds. The van der Waals surface area contributed by atoms with Crippen molar-refractivity contribution in [3.8, 4) is 0 Å². The van der Waals surface area contributed by atoms with Crippen LogP contribution in [0.1, 0.15) is 17.4 Å². The van der Waals surface area contributed by atoms with E-state index in [4.69, 9.17) is 4.42 Å². The molecule has 2 heterocycles. The molecule has 3 nitrogen and oxygen atoms in total. The lowest BCUT2D eigenvalue weighted by Gasteiger charge is -2.12. The van der Waals surface area contributed by atoms with E-state index in [0.717, 1.165) is 22.3 Å². The van der Waals surface area contributed by atoms with Crippen LogP contribution in [0.3, 0.4) is 0 Å². The quantitative estimate of drug-likeness (QED) is 0.761. The van der Waals surface area contributed by atoms with Crippen LogP contribution in [0.25, 0.3) is 11.0 Å². The second kappa shape index (κ2) is 4.63. The van der Waals surface area contributed by atoms with Crippen molar-refractivity contribution in [2.24, 2.45) is 0 Å². The standard InChI is InChI=1S/C15H14N2O/c1-16-15(12-6-4-8-17-10-12)14-9-11-5-2-3-7-13(11)18-14/h2-10,15-16H,1H3. The summed E-state index contributed by atoms with van der Waals surface area (Å²) in [5.41, 5.74) is 2.01. The summed E-state index contributed by atoms with van der Waals surface area (Å²) in [6, 6.07) is 14.1. The van der Waals surface area contributed by atoms with Crippen molar-refractivity contribution >= 4 is 11.0 Å². The van der Waals surface area contributed by atoms with Crippen molar-refractivity contribution < 1.29 is 4.42 Å². The maximum atomic E-state index is 5.89. The van der Waals surface area contributed by atoms with Gasteiger partial charge in [-0.1, -0.05) is 24.3 Å². The van der Waals surface area contributed by atoms with E-state index < -0.39 is 0 Å². The number of hydrogen-bond donors (Lipinski definition) is 1. The smallest absolute Gasteiger partial charge is 0.134 e. The highest BCUT2D eigenvalue weighted by atomic mass is 16.3. The molecule has 0 aliphatic carbocycles. The Morgan fingerprint density at radius 3 is 2.78 bits per heavy atom. The third kappa shape index (κ3) is 1.89. The summed E-state index contributed by atoms with van der Waals surface area (Å²) in [7, 11) is 1.92. The molecule has 18 heavy (non-hydrogen) atoms. The van der Waals surface area contributed by atoms with Crippen molar-refractivity contribution in [2.75, 3.05) is 7.05 Å². The van der Waals surface area contributed by atoms with Crippen molar-refractivity contribution in [1.82, 2.24) is 10.3 Å². The van der Waals surface area contributed by atoms with Crippen LogP contribution in [-0.2, 0) is 0 Å². The topological polar surface area (TPSA) is 38.1 Å². The Kier molecular flexibility index (Phi) is 2.82. The normalized spacial score (nSPS) is 12.7. The van der Waals surface area contributed by atoms with Gasteiger partial charge in [0.15, 0.2) is 0 Å². The van der Waals surface area contributed by atoms with E-state index >= 15 is 0 Å². The lowest BCUT2D eigenvalue weighted by Crippen LogP contribution is -2.16. The molecule has 0 aliphatic rings. The number of nitrogens with one attached hydrogen (secondary N) is 1. The second-order valence-corrected chi connectivity index (χ2v) is 4.19. The maximum absolute atomic E-state index is 5.89. The first kappa shape index (κ1) is 11.0. The van der Waals surface area contributed by atoms with Crippen LogP contribution in [0.4, 0.5) is 0 Å². The fourth-order valence-electron chi connectivity index (χ4n) is 2.16. The van der Waals surface area contributed by atoms with Gasteiger partial charge in [0.05, 0.1) is 6.04 Å². The minimum Gasteiger partial charge on any atom is -0.459 e. The Morgan fingerprint density at radius 1 is 1.17 bits per heavy atom. The van der Waals surface area contributed by atoms with Crippen LogP contribution in [0.2, 0.25) is 0 Å². The molecule has 2 aromatic heterocycles. The van der Waals surface area contributed by atoms with Gasteiger partial charge in [-0.05, 0) is 30.8 Å². The number of rotatable bonds is 3. The Bertz CT molecular complexity index is 613. The molecule has 0 fully saturated rings. The van der Waals surface area contributed by atoms with Crippen molar-refractivity contribution in [1.29, 1.82) is 0 Å². The second-order valence-electron chi connectivity index (χ2n) is 4.19. The molecule has 1 unspecified atom stereocenters. The summed E-state index contributed by atoms with van der Waals surface area (Å²) in [6.45, 7) is 0. The zero-order chi connectivity index (χ0) is 12.4. The van der Waals surface area contributed by atoms with Gasteiger partial charge in [-0.15, -0.1) is 0 Å². The predicted octanol–water partition coefficient (Wildman–Crippen LogP) is 3.14. The Balaban J connectivity index is 2.06. The van der Waals surface area contributed by atoms with Gasteiger partial charge in [0.2, 0.25) is 0 Å². The molecule has 0 saturated heterocycles. The summed E-state index contributed by atoms with van der Waals surface area (Å²) in [4.78, 5) is 4.15. The van der Waals surface area contributed by atoms with Crippen molar-refractivity contribution in [2.45, 2.75) is 6.04 Å². The Morgan fingerprint density at radius 2 is 2.06 bits per heavy atom. The molecule has 0 radical (unpaired) electrons. The number of pyridine rings is 1. The minimum absolute atomic E-state index is 0.0334. The number of furan rings is 1. The first-order valence-electron chi connectivity index (χ1n) is 5.94.